The molecule has 2 fully saturated rings. The molecule has 0 radical (unpaired) electrons. The molecule has 2 saturated heterocycles. The van der Waals surface area contributed by atoms with E-state index >= 15 is 0 Å². The van der Waals surface area contributed by atoms with Crippen molar-refractivity contribution in [2.75, 3.05) is 6.79 Å². The summed E-state index contributed by atoms with van der Waals surface area (Å²) in [6, 6.07) is 16.8. The quantitative estimate of drug-likeness (QED) is 0.238. The molecule has 2 bridgehead atoms. The van der Waals surface area contributed by atoms with E-state index in [-0.39, 0.29) is 36.6 Å². The van der Waals surface area contributed by atoms with Crippen molar-refractivity contribution in [3.63, 3.8) is 0 Å². The molecule has 10 heteroatoms. The van der Waals surface area contributed by atoms with Crippen LogP contribution in [-0.4, -0.2) is 45.7 Å². The van der Waals surface area contributed by atoms with Gasteiger partial charge in [0.2, 0.25) is 6.79 Å². The van der Waals surface area contributed by atoms with E-state index in [1.807, 2.05) is 42.5 Å². The Bertz CT molecular complexity index is 1300. The highest BCUT2D eigenvalue weighted by Crippen LogP contribution is 2.40. The number of hydrogen-bond donors (Lipinski definition) is 0. The van der Waals surface area contributed by atoms with E-state index in [0.717, 1.165) is 42.7 Å². The van der Waals surface area contributed by atoms with Gasteiger partial charge in [0.05, 0.1) is 9.95 Å². The zero-order valence-corrected chi connectivity index (χ0v) is 20.8. The molecular formula is C27H25N3O6S. The SMILES string of the molecule is O=C(c1ccc(CSc2ccc([N+](=O)[O-])cn2)cc1)N1C2CCC1CC(Oc1ccc3c(c1)OCO3)C2. The highest BCUT2D eigenvalue weighted by Gasteiger charge is 2.44. The first-order valence-corrected chi connectivity index (χ1v) is 13.2. The molecule has 9 nitrogen and oxygen atoms in total. The molecule has 37 heavy (non-hydrogen) atoms. The van der Waals surface area contributed by atoms with Crippen LogP contribution in [0.4, 0.5) is 5.69 Å². The van der Waals surface area contributed by atoms with Crippen LogP contribution >= 0.6 is 11.8 Å². The largest absolute Gasteiger partial charge is 0.490 e. The van der Waals surface area contributed by atoms with Gasteiger partial charge in [-0.3, -0.25) is 14.9 Å². The minimum atomic E-state index is -0.460. The minimum absolute atomic E-state index is 0.0234. The zero-order chi connectivity index (χ0) is 25.4. The van der Waals surface area contributed by atoms with Crippen molar-refractivity contribution < 1.29 is 23.9 Å². The van der Waals surface area contributed by atoms with Crippen molar-refractivity contribution in [3.8, 4) is 17.2 Å². The number of carbonyl (C=O) groups is 1. The molecule has 0 aliphatic carbocycles. The average molecular weight is 520 g/mol. The van der Waals surface area contributed by atoms with Gasteiger partial charge in [-0.1, -0.05) is 12.1 Å². The maximum absolute atomic E-state index is 13.4. The number of aromatic nitrogens is 1. The van der Waals surface area contributed by atoms with E-state index in [0.29, 0.717) is 22.1 Å². The van der Waals surface area contributed by atoms with E-state index in [1.165, 1.54) is 24.0 Å². The molecule has 6 rings (SSSR count). The Labute approximate surface area is 217 Å². The number of piperidine rings is 1. The monoisotopic (exact) mass is 519 g/mol. The third-order valence-electron chi connectivity index (χ3n) is 7.09. The molecule has 4 heterocycles. The molecular weight excluding hydrogens is 494 g/mol. The number of thioether (sulfide) groups is 1. The Hall–Kier alpha value is -3.79. The topological polar surface area (TPSA) is 104 Å². The predicted octanol–water partition coefficient (Wildman–Crippen LogP) is 5.23. The van der Waals surface area contributed by atoms with Gasteiger partial charge in [0.15, 0.2) is 11.5 Å². The van der Waals surface area contributed by atoms with Crippen molar-refractivity contribution in [2.24, 2.45) is 0 Å². The molecule has 0 spiro atoms. The standard InChI is InChI=1S/C27H25N3O6S/c31-27(18-3-1-17(2-4-18)15-37-26-10-7-21(14-28-26)30(32)33)29-19-5-6-20(29)12-23(11-19)36-22-8-9-24-25(13-22)35-16-34-24/h1-4,7-10,13-14,19-20,23H,5-6,11-12,15-16H2. The van der Waals surface area contributed by atoms with Crippen LogP contribution in [0.2, 0.25) is 0 Å². The van der Waals surface area contributed by atoms with Crippen LogP contribution in [0, 0.1) is 10.1 Å². The Morgan fingerprint density at radius 2 is 1.81 bits per heavy atom. The lowest BCUT2D eigenvalue weighted by Crippen LogP contribution is -2.49. The van der Waals surface area contributed by atoms with Crippen LogP contribution < -0.4 is 14.2 Å². The lowest BCUT2D eigenvalue weighted by molar-refractivity contribution is -0.385. The fraction of sp³-hybridized carbons (Fsp3) is 0.333. The molecule has 1 amide bonds. The third kappa shape index (κ3) is 4.93. The molecule has 1 aromatic heterocycles. The fourth-order valence-corrected chi connectivity index (χ4v) is 6.11. The number of rotatable bonds is 7. The summed E-state index contributed by atoms with van der Waals surface area (Å²) >= 11 is 1.50. The van der Waals surface area contributed by atoms with Crippen LogP contribution in [0.25, 0.3) is 0 Å². The van der Waals surface area contributed by atoms with E-state index in [9.17, 15) is 14.9 Å². The van der Waals surface area contributed by atoms with Crippen LogP contribution in [0.1, 0.15) is 41.6 Å². The Kier molecular flexibility index (Phi) is 6.33. The predicted molar refractivity (Wildman–Crippen MR) is 136 cm³/mol. The van der Waals surface area contributed by atoms with Gasteiger partial charge in [-0.25, -0.2) is 4.98 Å². The second-order valence-electron chi connectivity index (χ2n) is 9.42. The average Bonchev–Trinajstić information content (AvgIpc) is 3.49. The first kappa shape index (κ1) is 23.6. The second-order valence-corrected chi connectivity index (χ2v) is 10.4. The number of nitro groups is 1. The van der Waals surface area contributed by atoms with Gasteiger partial charge in [-0.05, 0) is 48.7 Å². The van der Waals surface area contributed by atoms with Crippen LogP contribution in [0.5, 0.6) is 17.2 Å². The first-order valence-electron chi connectivity index (χ1n) is 12.2. The van der Waals surface area contributed by atoms with Crippen LogP contribution in [0.3, 0.4) is 0 Å². The summed E-state index contributed by atoms with van der Waals surface area (Å²) in [5, 5.41) is 11.5. The summed E-state index contributed by atoms with van der Waals surface area (Å²) in [5.74, 6) is 2.95. The van der Waals surface area contributed by atoms with Crippen molar-refractivity contribution in [1.29, 1.82) is 0 Å². The summed E-state index contributed by atoms with van der Waals surface area (Å²) in [6.45, 7) is 0.236. The van der Waals surface area contributed by atoms with Crippen molar-refractivity contribution in [1.82, 2.24) is 9.88 Å². The molecule has 2 unspecified atom stereocenters. The number of amides is 1. The Morgan fingerprint density at radius 3 is 2.51 bits per heavy atom. The molecule has 0 saturated carbocycles. The maximum atomic E-state index is 13.4. The van der Waals surface area contributed by atoms with Gasteiger partial charge >= 0.3 is 0 Å². The molecule has 0 N–H and O–H groups in total. The summed E-state index contributed by atoms with van der Waals surface area (Å²) in [7, 11) is 0. The fourth-order valence-electron chi connectivity index (χ4n) is 5.31. The van der Waals surface area contributed by atoms with Gasteiger partial charge in [0.1, 0.15) is 18.1 Å². The highest BCUT2D eigenvalue weighted by molar-refractivity contribution is 7.98. The second kappa shape index (κ2) is 9.93. The molecule has 2 aromatic carbocycles. The van der Waals surface area contributed by atoms with Gasteiger partial charge in [-0.15, -0.1) is 11.8 Å². The number of carbonyl (C=O) groups excluding carboxylic acids is 1. The number of ether oxygens (including phenoxy) is 3. The lowest BCUT2D eigenvalue weighted by atomic mass is 9.98. The number of nitrogens with zero attached hydrogens (tertiary/aromatic N) is 3. The summed E-state index contributed by atoms with van der Waals surface area (Å²) in [5.41, 5.74) is 1.72. The van der Waals surface area contributed by atoms with E-state index < -0.39 is 4.92 Å². The first-order chi connectivity index (χ1) is 18.0. The number of pyridine rings is 1. The lowest BCUT2D eigenvalue weighted by Gasteiger charge is -2.39. The third-order valence-corrected chi connectivity index (χ3v) is 8.11. The Morgan fingerprint density at radius 1 is 1.05 bits per heavy atom. The number of benzene rings is 2. The molecule has 2 atom stereocenters. The summed E-state index contributed by atoms with van der Waals surface area (Å²) in [4.78, 5) is 29.9. The normalized spacial score (nSPS) is 21.6. The van der Waals surface area contributed by atoms with Gasteiger partial charge < -0.3 is 19.1 Å². The summed E-state index contributed by atoms with van der Waals surface area (Å²) in [6.07, 6.45) is 4.94. The smallest absolute Gasteiger partial charge is 0.287 e. The Balaban J connectivity index is 1.05. The van der Waals surface area contributed by atoms with E-state index in [4.69, 9.17) is 14.2 Å². The zero-order valence-electron chi connectivity index (χ0n) is 19.9. The van der Waals surface area contributed by atoms with Crippen LogP contribution in [-0.2, 0) is 5.75 Å². The van der Waals surface area contributed by atoms with Gasteiger partial charge in [-0.2, -0.15) is 0 Å². The van der Waals surface area contributed by atoms with Crippen molar-refractivity contribution >= 4 is 23.4 Å². The van der Waals surface area contributed by atoms with E-state index in [2.05, 4.69) is 9.88 Å². The molecule has 3 aliphatic heterocycles. The maximum Gasteiger partial charge on any atom is 0.287 e. The van der Waals surface area contributed by atoms with Crippen molar-refractivity contribution in [2.45, 2.75) is 54.6 Å². The van der Waals surface area contributed by atoms with Gasteiger partial charge in [0.25, 0.3) is 11.6 Å². The van der Waals surface area contributed by atoms with Crippen molar-refractivity contribution in [3.05, 3.63) is 82.0 Å². The number of hydrogen-bond acceptors (Lipinski definition) is 8. The molecule has 3 aliphatic rings. The van der Waals surface area contributed by atoms with Crippen LogP contribution in [0.15, 0.2) is 65.8 Å². The minimum Gasteiger partial charge on any atom is -0.490 e. The highest BCUT2D eigenvalue weighted by atomic mass is 32.2. The van der Waals surface area contributed by atoms with E-state index in [1.54, 1.807) is 6.07 Å². The van der Waals surface area contributed by atoms with Gasteiger partial charge in [0, 0.05) is 48.4 Å². The summed E-state index contributed by atoms with van der Waals surface area (Å²) < 4.78 is 17.1. The number of fused-ring (bicyclic) bond motifs is 3. The molecule has 190 valence electrons. The molecule has 3 aromatic rings.